The Balaban J connectivity index is 1.77. The predicted molar refractivity (Wildman–Crippen MR) is 132 cm³/mol. The average molecular weight is 498 g/mol. The van der Waals surface area contributed by atoms with Crippen LogP contribution in [0.5, 0.6) is 0 Å². The molecule has 3 rings (SSSR count). The maximum Gasteiger partial charge on any atom is 0.408 e. The average Bonchev–Trinajstić information content (AvgIpc) is 3.45. The summed E-state index contributed by atoms with van der Waals surface area (Å²) in [5.41, 5.74) is -0.206. The molecule has 9 nitrogen and oxygen atoms in total. The van der Waals surface area contributed by atoms with E-state index < -0.39 is 59.1 Å². The number of hydrogen-bond donors (Lipinski definition) is 3. The van der Waals surface area contributed by atoms with Gasteiger partial charge in [-0.3, -0.25) is 24.5 Å². The fourth-order valence-corrected chi connectivity index (χ4v) is 4.78. The topological polar surface area (TPSA) is 131 Å². The number of nitrogens with one attached hydrogen (secondary N) is 3. The number of ether oxygens (including phenoxy) is 1. The lowest BCUT2D eigenvalue weighted by molar-refractivity contribution is -0.137. The summed E-state index contributed by atoms with van der Waals surface area (Å²) in [6, 6.07) is 7.38. The summed E-state index contributed by atoms with van der Waals surface area (Å²) in [4.78, 5) is 63.5. The third-order valence-electron chi connectivity index (χ3n) is 6.97. The summed E-state index contributed by atoms with van der Waals surface area (Å²) in [7, 11) is 0. The zero-order valence-corrected chi connectivity index (χ0v) is 21.0. The van der Waals surface area contributed by atoms with Crippen molar-refractivity contribution in [3.63, 3.8) is 0 Å². The van der Waals surface area contributed by atoms with Gasteiger partial charge in [0, 0.05) is 0 Å². The molecule has 1 heterocycles. The van der Waals surface area contributed by atoms with Crippen LogP contribution in [0.3, 0.4) is 0 Å². The molecule has 0 spiro atoms. The van der Waals surface area contributed by atoms with Gasteiger partial charge in [-0.15, -0.1) is 0 Å². The van der Waals surface area contributed by atoms with Gasteiger partial charge in [0.15, 0.2) is 5.78 Å². The third-order valence-corrected chi connectivity index (χ3v) is 6.97. The van der Waals surface area contributed by atoms with Crippen LogP contribution in [-0.4, -0.2) is 41.2 Å². The molecule has 0 radical (unpaired) electrons. The first-order valence-electron chi connectivity index (χ1n) is 12.4. The first-order chi connectivity index (χ1) is 17.0. The van der Waals surface area contributed by atoms with E-state index in [0.29, 0.717) is 5.56 Å². The van der Waals surface area contributed by atoms with E-state index in [4.69, 9.17) is 4.74 Å². The van der Waals surface area contributed by atoms with Crippen molar-refractivity contribution in [2.45, 2.75) is 70.6 Å². The van der Waals surface area contributed by atoms with Crippen LogP contribution in [0.1, 0.15) is 64.5 Å². The highest BCUT2D eigenvalue weighted by Crippen LogP contribution is 2.32. The molecule has 4 amide bonds. The normalized spacial score (nSPS) is 21.9. The summed E-state index contributed by atoms with van der Waals surface area (Å²) in [5, 5.41) is 7.79. The van der Waals surface area contributed by atoms with Crippen LogP contribution in [0.2, 0.25) is 0 Å². The van der Waals surface area contributed by atoms with E-state index in [-0.39, 0.29) is 12.3 Å². The lowest BCUT2D eigenvalue weighted by Crippen LogP contribution is -2.50. The molecule has 1 saturated heterocycles. The molecule has 1 aromatic rings. The van der Waals surface area contributed by atoms with E-state index in [0.717, 1.165) is 25.7 Å². The number of imide groups is 1. The molecule has 2 aliphatic rings. The molecular formula is C27H35N3O6. The van der Waals surface area contributed by atoms with E-state index >= 15 is 0 Å². The first kappa shape index (κ1) is 27.1. The minimum atomic E-state index is -1.12. The second-order valence-electron chi connectivity index (χ2n) is 10.1. The Morgan fingerprint density at radius 1 is 1.11 bits per heavy atom. The Morgan fingerprint density at radius 3 is 2.31 bits per heavy atom. The Morgan fingerprint density at radius 2 is 1.75 bits per heavy atom. The summed E-state index contributed by atoms with van der Waals surface area (Å²) in [5.74, 6) is -4.01. The van der Waals surface area contributed by atoms with Gasteiger partial charge in [-0.2, -0.15) is 0 Å². The van der Waals surface area contributed by atoms with Crippen LogP contribution in [0.25, 0.3) is 0 Å². The fraction of sp³-hybridized carbons (Fsp3) is 0.519. The quantitative estimate of drug-likeness (QED) is 0.259. The smallest absolute Gasteiger partial charge is 0.408 e. The molecule has 194 valence electrons. The predicted octanol–water partition coefficient (Wildman–Crippen LogP) is 2.96. The lowest BCUT2D eigenvalue weighted by atomic mass is 9.83. The van der Waals surface area contributed by atoms with Crippen molar-refractivity contribution in [2.24, 2.45) is 17.8 Å². The highest BCUT2D eigenvalue weighted by molar-refractivity contribution is 6.16. The molecule has 1 aromatic carbocycles. The second-order valence-corrected chi connectivity index (χ2v) is 10.1. The highest BCUT2D eigenvalue weighted by Gasteiger charge is 2.47. The number of carbonyl (C=O) groups excluding carboxylic acids is 5. The molecular weight excluding hydrogens is 462 g/mol. The maximum atomic E-state index is 13.4. The molecule has 1 aliphatic heterocycles. The summed E-state index contributed by atoms with van der Waals surface area (Å²) in [6.45, 7) is 8.57. The first-order valence-corrected chi connectivity index (χ1v) is 12.4. The third kappa shape index (κ3) is 6.59. The molecule has 0 unspecified atom stereocenters. The summed E-state index contributed by atoms with van der Waals surface area (Å²) < 4.78 is 5.39. The largest absolute Gasteiger partial charge is 0.439 e. The van der Waals surface area contributed by atoms with E-state index in [2.05, 4.69) is 22.5 Å². The number of amides is 4. The Kier molecular flexibility index (Phi) is 8.66. The number of carbonyl (C=O) groups is 5. The maximum absolute atomic E-state index is 13.4. The fourth-order valence-electron chi connectivity index (χ4n) is 4.78. The summed E-state index contributed by atoms with van der Waals surface area (Å²) in [6.07, 6.45) is 3.99. The molecule has 9 heteroatoms. The van der Waals surface area contributed by atoms with Crippen molar-refractivity contribution in [3.8, 4) is 0 Å². The number of benzene rings is 1. The Hall–Kier alpha value is -3.49. The Bertz CT molecular complexity index is 1020. The van der Waals surface area contributed by atoms with Gasteiger partial charge in [0.25, 0.3) is 0 Å². The van der Waals surface area contributed by atoms with Crippen LogP contribution < -0.4 is 16.0 Å². The zero-order valence-electron chi connectivity index (χ0n) is 21.0. The number of ketones is 1. The minimum absolute atomic E-state index is 0.112. The summed E-state index contributed by atoms with van der Waals surface area (Å²) >= 11 is 0. The zero-order chi connectivity index (χ0) is 26.5. The van der Waals surface area contributed by atoms with Gasteiger partial charge < -0.3 is 15.4 Å². The minimum Gasteiger partial charge on any atom is -0.439 e. The van der Waals surface area contributed by atoms with Crippen molar-refractivity contribution in [1.82, 2.24) is 16.0 Å². The Labute approximate surface area is 211 Å². The molecule has 4 atom stereocenters. The van der Waals surface area contributed by atoms with Gasteiger partial charge in [-0.05, 0) is 44.2 Å². The van der Waals surface area contributed by atoms with E-state index in [1.54, 1.807) is 45.0 Å². The van der Waals surface area contributed by atoms with Gasteiger partial charge in [0.05, 0.1) is 24.4 Å². The van der Waals surface area contributed by atoms with Crippen LogP contribution in [-0.2, 0) is 23.9 Å². The van der Waals surface area contributed by atoms with Crippen molar-refractivity contribution in [1.29, 1.82) is 0 Å². The van der Waals surface area contributed by atoms with Gasteiger partial charge in [0.1, 0.15) is 11.5 Å². The van der Waals surface area contributed by atoms with Crippen LogP contribution in [0, 0.1) is 17.8 Å². The molecule has 2 fully saturated rings. The van der Waals surface area contributed by atoms with Gasteiger partial charge in [-0.1, -0.05) is 56.7 Å². The van der Waals surface area contributed by atoms with E-state index in [1.807, 2.05) is 6.07 Å². The highest BCUT2D eigenvalue weighted by atomic mass is 16.6. The molecule has 36 heavy (non-hydrogen) atoms. The molecule has 1 saturated carbocycles. The molecule has 3 N–H and O–H groups in total. The number of alkyl carbamates (subject to hydrolysis) is 1. The van der Waals surface area contributed by atoms with Crippen LogP contribution >= 0.6 is 0 Å². The van der Waals surface area contributed by atoms with Crippen molar-refractivity contribution in [3.05, 3.63) is 48.6 Å². The van der Waals surface area contributed by atoms with E-state index in [9.17, 15) is 24.0 Å². The van der Waals surface area contributed by atoms with Crippen LogP contribution in [0.15, 0.2) is 43.0 Å². The van der Waals surface area contributed by atoms with Crippen LogP contribution in [0.4, 0.5) is 4.79 Å². The van der Waals surface area contributed by atoms with E-state index in [1.165, 1.54) is 6.08 Å². The number of rotatable bonds is 10. The molecule has 0 aromatic heterocycles. The monoisotopic (exact) mass is 497 g/mol. The number of Topliss-reactive ketones (excluding diaryl/α,β-unsaturated/α-hetero) is 1. The number of hydrogen-bond acceptors (Lipinski definition) is 6. The second kappa shape index (κ2) is 11.5. The van der Waals surface area contributed by atoms with Crippen molar-refractivity contribution < 1.29 is 28.7 Å². The molecule has 1 aliphatic carbocycles. The van der Waals surface area contributed by atoms with Crippen molar-refractivity contribution in [2.75, 3.05) is 0 Å². The molecule has 0 bridgehead atoms. The van der Waals surface area contributed by atoms with Gasteiger partial charge in [0.2, 0.25) is 17.7 Å². The van der Waals surface area contributed by atoms with Gasteiger partial charge >= 0.3 is 6.09 Å². The van der Waals surface area contributed by atoms with Crippen molar-refractivity contribution >= 4 is 29.6 Å². The standard InChI is InChI=1S/C27H35N3O6/c1-5-27(3,4)36-26(35)28-19(17-11-7-6-8-12-17)15-20(31)29-22(18-13-9-10-14-18)23(32)21-16(2)24(33)30-25(21)34/h5-8,11-12,16,18-19,21-22H,1,9-10,13-15H2,2-4H3,(H,28,35)(H,29,31)(H,30,33,34)/t16-,19-,21+,22-/m0/s1. The lowest BCUT2D eigenvalue weighted by Gasteiger charge is -2.28. The SMILES string of the molecule is C=CC(C)(C)OC(=O)N[C@@H](CC(=O)N[C@H](C(=O)[C@@H]1C(=O)NC(=O)[C@H]1C)C1CCCC1)c1ccccc1. The van der Waals surface area contributed by atoms with Gasteiger partial charge in [-0.25, -0.2) is 4.79 Å².